The Balaban J connectivity index is 1.39. The predicted octanol–water partition coefficient (Wildman–Crippen LogP) is 3.75. The molecule has 1 aromatic heterocycles. The number of benzene rings is 1. The molecule has 2 N–H and O–H groups in total. The number of aryl methyl sites for hydroxylation is 2. The molecule has 5 rings (SSSR count). The van der Waals surface area contributed by atoms with Crippen molar-refractivity contribution >= 4 is 10.0 Å². The molecule has 1 aromatic carbocycles. The molecule has 1 aliphatic heterocycles. The van der Waals surface area contributed by atoms with E-state index < -0.39 is 10.0 Å². The van der Waals surface area contributed by atoms with Crippen LogP contribution >= 0.6 is 0 Å². The summed E-state index contributed by atoms with van der Waals surface area (Å²) >= 11 is 0. The van der Waals surface area contributed by atoms with Gasteiger partial charge in [-0.1, -0.05) is 66.5 Å². The molecule has 176 valence electrons. The minimum atomic E-state index is -3.63. The molecule has 2 heterocycles. The average molecular weight is 467 g/mol. The molecule has 0 amide bonds. The lowest BCUT2D eigenvalue weighted by Crippen LogP contribution is -2.63. The number of nitrogens with one attached hydrogen (secondary N) is 2. The van der Waals surface area contributed by atoms with Gasteiger partial charge in [-0.15, -0.1) is 0 Å². The van der Waals surface area contributed by atoms with Crippen molar-refractivity contribution in [2.75, 3.05) is 13.1 Å². The smallest absolute Gasteiger partial charge is 0.259 e. The lowest BCUT2D eigenvalue weighted by molar-refractivity contribution is 0.0723. The highest BCUT2D eigenvalue weighted by Gasteiger charge is 2.55. The third kappa shape index (κ3) is 3.90. The van der Waals surface area contributed by atoms with Gasteiger partial charge in [-0.25, -0.2) is 18.1 Å². The number of nitrogens with zero attached hydrogens (tertiary/aromatic N) is 2. The summed E-state index contributed by atoms with van der Waals surface area (Å²) in [4.78, 5) is 4.00. The predicted molar refractivity (Wildman–Crippen MR) is 130 cm³/mol. The summed E-state index contributed by atoms with van der Waals surface area (Å²) in [5, 5.41) is 3.98. The maximum atomic E-state index is 12.7. The van der Waals surface area contributed by atoms with Gasteiger partial charge < -0.3 is 9.88 Å². The number of sulfonamides is 1. The summed E-state index contributed by atoms with van der Waals surface area (Å²) in [6.45, 7) is 5.82. The molecule has 0 spiro atoms. The van der Waals surface area contributed by atoms with E-state index in [-0.39, 0.29) is 15.9 Å². The lowest BCUT2D eigenvalue weighted by Gasteiger charge is -2.58. The second-order valence-corrected chi connectivity index (χ2v) is 12.0. The fourth-order valence-corrected chi connectivity index (χ4v) is 7.20. The van der Waals surface area contributed by atoms with Crippen molar-refractivity contribution in [3.8, 4) is 0 Å². The summed E-state index contributed by atoms with van der Waals surface area (Å²) in [7, 11) is -1.86. The third-order valence-corrected chi connectivity index (χ3v) is 9.38. The van der Waals surface area contributed by atoms with Crippen LogP contribution in [0.25, 0.3) is 0 Å². The summed E-state index contributed by atoms with van der Waals surface area (Å²) < 4.78 is 29.8. The molecule has 7 heteroatoms. The SMILES string of the molecule is Cc1ccc(C2(C3NCCC4=CC=C(CNS(=O)(=O)c5cn(C)cn5)CC43C)CCC2)cc1. The van der Waals surface area contributed by atoms with E-state index in [1.54, 1.807) is 11.6 Å². The molecule has 0 radical (unpaired) electrons. The highest BCUT2D eigenvalue weighted by molar-refractivity contribution is 7.89. The standard InChI is InChI=1S/C26H34N4O2S/c1-19-5-8-22(9-6-19)26(12-4-13-26)24-25(2)15-20(7-10-21(25)11-14-27-24)16-29-33(31,32)23-17-30(3)18-28-23/h5-10,17-18,24,27,29H,4,11-16H2,1-3H3. The minimum absolute atomic E-state index is 0.0376. The van der Waals surface area contributed by atoms with Crippen molar-refractivity contribution in [1.29, 1.82) is 0 Å². The van der Waals surface area contributed by atoms with Gasteiger partial charge in [0.25, 0.3) is 10.0 Å². The second-order valence-electron chi connectivity index (χ2n) is 10.3. The van der Waals surface area contributed by atoms with Crippen molar-refractivity contribution < 1.29 is 8.42 Å². The molecular weight excluding hydrogens is 432 g/mol. The Morgan fingerprint density at radius 2 is 1.97 bits per heavy atom. The van der Waals surface area contributed by atoms with Crippen LogP contribution in [0.4, 0.5) is 0 Å². The van der Waals surface area contributed by atoms with Crippen molar-refractivity contribution in [2.24, 2.45) is 12.5 Å². The summed E-state index contributed by atoms with van der Waals surface area (Å²) in [5.41, 5.74) is 5.43. The topological polar surface area (TPSA) is 76.0 Å². The van der Waals surface area contributed by atoms with Crippen LogP contribution in [0.3, 0.4) is 0 Å². The van der Waals surface area contributed by atoms with Gasteiger partial charge in [-0.3, -0.25) is 0 Å². The highest BCUT2D eigenvalue weighted by atomic mass is 32.2. The Morgan fingerprint density at radius 1 is 1.21 bits per heavy atom. The average Bonchev–Trinajstić information content (AvgIpc) is 3.20. The van der Waals surface area contributed by atoms with Gasteiger partial charge in [0.05, 0.1) is 6.33 Å². The van der Waals surface area contributed by atoms with E-state index in [0.29, 0.717) is 12.6 Å². The second kappa shape index (κ2) is 8.22. The highest BCUT2D eigenvalue weighted by Crippen LogP contribution is 2.56. The largest absolute Gasteiger partial charge is 0.339 e. The Hall–Kier alpha value is -2.22. The Morgan fingerprint density at radius 3 is 2.61 bits per heavy atom. The summed E-state index contributed by atoms with van der Waals surface area (Å²) in [6.07, 6.45) is 13.0. The summed E-state index contributed by atoms with van der Waals surface area (Å²) in [6, 6.07) is 9.43. The minimum Gasteiger partial charge on any atom is -0.339 e. The van der Waals surface area contributed by atoms with Crippen LogP contribution in [0.5, 0.6) is 0 Å². The van der Waals surface area contributed by atoms with Gasteiger partial charge >= 0.3 is 0 Å². The summed E-state index contributed by atoms with van der Waals surface area (Å²) in [5.74, 6) is 0. The number of allylic oxidation sites excluding steroid dienone is 2. The van der Waals surface area contributed by atoms with Crippen molar-refractivity contribution in [1.82, 2.24) is 19.6 Å². The molecule has 1 saturated carbocycles. The van der Waals surface area contributed by atoms with Crippen molar-refractivity contribution in [2.45, 2.75) is 62.4 Å². The van der Waals surface area contributed by atoms with Crippen LogP contribution in [0.1, 0.15) is 50.2 Å². The molecule has 0 bridgehead atoms. The van der Waals surface area contributed by atoms with E-state index in [1.807, 2.05) is 0 Å². The normalized spacial score (nSPS) is 26.7. The van der Waals surface area contributed by atoms with Crippen LogP contribution in [-0.4, -0.2) is 37.1 Å². The molecule has 2 aromatic rings. The van der Waals surface area contributed by atoms with E-state index in [9.17, 15) is 8.42 Å². The van der Waals surface area contributed by atoms with E-state index in [2.05, 4.69) is 65.3 Å². The lowest BCUT2D eigenvalue weighted by atomic mass is 9.50. The molecule has 6 nitrogen and oxygen atoms in total. The van der Waals surface area contributed by atoms with Crippen molar-refractivity contribution in [3.05, 3.63) is 71.2 Å². The van der Waals surface area contributed by atoms with E-state index in [0.717, 1.165) is 25.0 Å². The van der Waals surface area contributed by atoms with Crippen LogP contribution in [-0.2, 0) is 22.5 Å². The maximum absolute atomic E-state index is 12.7. The number of imidazole rings is 1. The van der Waals surface area contributed by atoms with Gasteiger partial charge in [-0.05, 0) is 44.7 Å². The molecule has 3 aliphatic rings. The number of rotatable bonds is 6. The molecule has 2 aliphatic carbocycles. The first-order valence-corrected chi connectivity index (χ1v) is 13.4. The quantitative estimate of drug-likeness (QED) is 0.680. The molecular formula is C26H34N4O2S. The molecule has 1 saturated heterocycles. The zero-order chi connectivity index (χ0) is 23.3. The number of hydrogen-bond donors (Lipinski definition) is 2. The number of fused-ring (bicyclic) bond motifs is 1. The van der Waals surface area contributed by atoms with Gasteiger partial charge in [0.15, 0.2) is 5.03 Å². The number of hydrogen-bond acceptors (Lipinski definition) is 4. The van der Waals surface area contributed by atoms with Gasteiger partial charge in [0, 0.05) is 36.7 Å². The number of piperidine rings is 1. The monoisotopic (exact) mass is 466 g/mol. The molecule has 2 atom stereocenters. The van der Waals surface area contributed by atoms with E-state index in [4.69, 9.17) is 0 Å². The van der Waals surface area contributed by atoms with Crippen LogP contribution in [0, 0.1) is 12.3 Å². The zero-order valence-electron chi connectivity index (χ0n) is 19.8. The Bertz CT molecular complexity index is 1210. The zero-order valence-corrected chi connectivity index (χ0v) is 20.6. The Labute approximate surface area is 197 Å². The van der Waals surface area contributed by atoms with Crippen LogP contribution < -0.4 is 10.0 Å². The van der Waals surface area contributed by atoms with E-state index in [1.165, 1.54) is 48.5 Å². The first-order chi connectivity index (χ1) is 15.7. The maximum Gasteiger partial charge on any atom is 0.259 e. The number of aromatic nitrogens is 2. The first kappa shape index (κ1) is 22.6. The first-order valence-electron chi connectivity index (χ1n) is 11.9. The van der Waals surface area contributed by atoms with Gasteiger partial charge in [0.1, 0.15) is 0 Å². The molecule has 33 heavy (non-hydrogen) atoms. The van der Waals surface area contributed by atoms with Crippen LogP contribution in [0.2, 0.25) is 0 Å². The van der Waals surface area contributed by atoms with Crippen LogP contribution in [0.15, 0.2) is 65.1 Å². The Kier molecular flexibility index (Phi) is 5.62. The van der Waals surface area contributed by atoms with Gasteiger partial charge in [-0.2, -0.15) is 0 Å². The third-order valence-electron chi connectivity index (χ3n) is 8.10. The fourth-order valence-electron chi connectivity index (χ4n) is 6.19. The van der Waals surface area contributed by atoms with E-state index >= 15 is 0 Å². The molecule has 2 fully saturated rings. The molecule has 2 unspecified atom stereocenters. The van der Waals surface area contributed by atoms with Crippen molar-refractivity contribution in [3.63, 3.8) is 0 Å². The fraction of sp³-hybridized carbons (Fsp3) is 0.500. The van der Waals surface area contributed by atoms with Gasteiger partial charge in [0.2, 0.25) is 0 Å².